The Balaban J connectivity index is 2.29. The van der Waals surface area contributed by atoms with E-state index in [4.69, 9.17) is 4.99 Å². The van der Waals surface area contributed by atoms with Gasteiger partial charge in [-0.1, -0.05) is 111 Å². The van der Waals surface area contributed by atoms with E-state index in [0.717, 1.165) is 28.4 Å². The third-order valence-electron chi connectivity index (χ3n) is 5.94. The maximum Gasteiger partial charge on any atom is 0.129 e. The monoisotopic (exact) mass is 524 g/mol. The van der Waals surface area contributed by atoms with Crippen LogP contribution in [0.3, 0.4) is 0 Å². The molecule has 2 nitrogen and oxygen atoms in total. The Hall–Kier alpha value is -2.80. The molecule has 0 aliphatic carbocycles. The Morgan fingerprint density at radius 2 is 1.27 bits per heavy atom. The lowest BCUT2D eigenvalue weighted by Gasteiger charge is -2.27. The number of rotatable bonds is 2. The average Bonchev–Trinajstić information content (AvgIpc) is 3.39. The minimum Gasteiger partial charge on any atom is -0.348 e. The van der Waals surface area contributed by atoms with Gasteiger partial charge in [-0.25, -0.2) is 4.99 Å². The number of nitrogens with zero attached hydrogens (tertiary/aromatic N) is 1. The third kappa shape index (κ3) is 8.09. The number of hydrogen-bond acceptors (Lipinski definition) is 1. The summed E-state index contributed by atoms with van der Waals surface area (Å²) < 4.78 is 0. The number of benzene rings is 1. The molecule has 2 aromatic rings. The molecule has 0 unspecified atom stereocenters. The standard InChI is InChI=1S/C33H44N2Si2/c1-32(2,3)25-21-24(22-26(23-25)33(4,5)6)31(29-15-13-27(34-29)17-19-36(7,8)9)30-16-14-28(35-30)18-20-37(10,11)12/h13-16,21-23,34H,1-12H3/b31-30-. The van der Waals surface area contributed by atoms with Crippen LogP contribution in [-0.4, -0.2) is 26.8 Å². The number of aliphatic imine (C=N–C) groups is 1. The molecule has 0 radical (unpaired) electrons. The van der Waals surface area contributed by atoms with Crippen LogP contribution in [0.4, 0.5) is 0 Å². The van der Waals surface area contributed by atoms with Gasteiger partial charge in [-0.3, -0.25) is 0 Å². The van der Waals surface area contributed by atoms with Crippen LogP contribution >= 0.6 is 0 Å². The van der Waals surface area contributed by atoms with Crippen molar-refractivity contribution < 1.29 is 0 Å². The van der Waals surface area contributed by atoms with Crippen molar-refractivity contribution >= 4 is 27.4 Å². The van der Waals surface area contributed by atoms with Crippen LogP contribution in [0, 0.1) is 22.9 Å². The van der Waals surface area contributed by atoms with Crippen LogP contribution in [-0.2, 0) is 10.8 Å². The SMILES string of the molecule is CC(C)(C)c1cc(/C(=C2\C=CC(C#C[Si](C)(C)C)=N2)c2ccc(C#C[Si](C)(C)C)[nH]2)cc(C(C)(C)C)c1. The summed E-state index contributed by atoms with van der Waals surface area (Å²) >= 11 is 0. The zero-order chi connectivity index (χ0) is 27.8. The predicted octanol–water partition coefficient (Wildman–Crippen LogP) is 8.49. The van der Waals surface area contributed by atoms with Gasteiger partial charge in [0, 0.05) is 11.3 Å². The second-order valence-corrected chi connectivity index (χ2v) is 23.7. The van der Waals surface area contributed by atoms with E-state index in [1.54, 1.807) is 0 Å². The van der Waals surface area contributed by atoms with E-state index in [1.807, 2.05) is 0 Å². The molecule has 3 rings (SSSR count). The fourth-order valence-electron chi connectivity index (χ4n) is 3.77. The summed E-state index contributed by atoms with van der Waals surface area (Å²) in [4.78, 5) is 8.61. The highest BCUT2D eigenvalue weighted by molar-refractivity contribution is 6.84. The molecular formula is C33H44N2Si2. The molecule has 0 bridgehead atoms. The van der Waals surface area contributed by atoms with E-state index >= 15 is 0 Å². The van der Waals surface area contributed by atoms with Gasteiger partial charge in [-0.2, -0.15) is 0 Å². The van der Waals surface area contributed by atoms with E-state index in [9.17, 15) is 0 Å². The first-order valence-electron chi connectivity index (χ1n) is 13.3. The van der Waals surface area contributed by atoms with Crippen LogP contribution in [0.1, 0.15) is 69.6 Å². The zero-order valence-corrected chi connectivity index (χ0v) is 27.0. The first kappa shape index (κ1) is 28.8. The molecule has 1 aliphatic rings. The Morgan fingerprint density at radius 1 is 0.730 bits per heavy atom. The van der Waals surface area contributed by atoms with E-state index in [-0.39, 0.29) is 10.8 Å². The van der Waals surface area contributed by atoms with E-state index in [1.165, 1.54) is 16.7 Å². The number of nitrogens with one attached hydrogen (secondary N) is 1. The van der Waals surface area contributed by atoms with Crippen LogP contribution in [0.15, 0.2) is 53.2 Å². The highest BCUT2D eigenvalue weighted by Gasteiger charge is 2.24. The largest absolute Gasteiger partial charge is 0.348 e. The second-order valence-electron chi connectivity index (χ2n) is 14.2. The van der Waals surface area contributed by atoms with Crippen molar-refractivity contribution in [2.24, 2.45) is 4.99 Å². The van der Waals surface area contributed by atoms with Crippen molar-refractivity contribution in [1.29, 1.82) is 0 Å². The van der Waals surface area contributed by atoms with Gasteiger partial charge in [-0.05, 0) is 51.8 Å². The normalized spacial score (nSPS) is 15.5. The van der Waals surface area contributed by atoms with Crippen molar-refractivity contribution in [3.05, 3.63) is 76.3 Å². The smallest absolute Gasteiger partial charge is 0.129 e. The number of aromatic amines is 1. The van der Waals surface area contributed by atoms with Crippen LogP contribution < -0.4 is 0 Å². The van der Waals surface area contributed by atoms with E-state index in [0.29, 0.717) is 0 Å². The molecule has 1 aliphatic heterocycles. The van der Waals surface area contributed by atoms with Crippen LogP contribution in [0.2, 0.25) is 39.3 Å². The van der Waals surface area contributed by atoms with Crippen molar-refractivity contribution in [3.8, 4) is 22.9 Å². The van der Waals surface area contributed by atoms with Gasteiger partial charge in [0.05, 0.1) is 11.4 Å². The van der Waals surface area contributed by atoms with E-state index in [2.05, 4.69) is 151 Å². The van der Waals surface area contributed by atoms with Crippen molar-refractivity contribution in [2.45, 2.75) is 91.7 Å². The Labute approximate surface area is 227 Å². The fourth-order valence-corrected chi connectivity index (χ4v) is 4.78. The second kappa shape index (κ2) is 10.2. The minimum absolute atomic E-state index is 0.0260. The van der Waals surface area contributed by atoms with Crippen LogP contribution in [0.25, 0.3) is 5.57 Å². The maximum absolute atomic E-state index is 5.01. The zero-order valence-electron chi connectivity index (χ0n) is 25.0. The maximum atomic E-state index is 5.01. The number of H-pyrrole nitrogens is 1. The quantitative estimate of drug-likeness (QED) is 0.301. The molecule has 1 aromatic carbocycles. The summed E-state index contributed by atoms with van der Waals surface area (Å²) in [5.74, 6) is 6.72. The van der Waals surface area contributed by atoms with Gasteiger partial charge in [0.2, 0.25) is 0 Å². The molecule has 0 atom stereocenters. The lowest BCUT2D eigenvalue weighted by molar-refractivity contribution is 0.568. The number of allylic oxidation sites excluding steroid dienone is 2. The molecule has 194 valence electrons. The van der Waals surface area contributed by atoms with Gasteiger partial charge in [-0.15, -0.1) is 11.1 Å². The van der Waals surface area contributed by atoms with E-state index < -0.39 is 16.1 Å². The Morgan fingerprint density at radius 3 is 1.78 bits per heavy atom. The molecule has 0 spiro atoms. The van der Waals surface area contributed by atoms with Crippen molar-refractivity contribution in [3.63, 3.8) is 0 Å². The fraction of sp³-hybridized carbons (Fsp3) is 0.424. The van der Waals surface area contributed by atoms with Crippen molar-refractivity contribution in [1.82, 2.24) is 4.98 Å². The minimum atomic E-state index is -1.49. The van der Waals surface area contributed by atoms with Gasteiger partial charge in [0.15, 0.2) is 0 Å². The summed E-state index contributed by atoms with van der Waals surface area (Å²) in [6.45, 7) is 27.3. The first-order chi connectivity index (χ1) is 16.8. The van der Waals surface area contributed by atoms with Gasteiger partial charge >= 0.3 is 0 Å². The summed E-state index contributed by atoms with van der Waals surface area (Å²) in [5.41, 5.74) is 15.7. The molecule has 0 fully saturated rings. The molecule has 2 heterocycles. The summed E-state index contributed by atoms with van der Waals surface area (Å²) in [6, 6.07) is 11.3. The molecule has 0 saturated heterocycles. The lowest BCUT2D eigenvalue weighted by Crippen LogP contribution is -2.17. The number of aromatic nitrogens is 1. The van der Waals surface area contributed by atoms with Gasteiger partial charge in [0.1, 0.15) is 21.9 Å². The molecule has 1 N–H and O–H groups in total. The highest BCUT2D eigenvalue weighted by atomic mass is 28.3. The third-order valence-corrected chi connectivity index (χ3v) is 7.69. The highest BCUT2D eigenvalue weighted by Crippen LogP contribution is 2.36. The molecule has 0 amide bonds. The topological polar surface area (TPSA) is 28.1 Å². The Bertz CT molecular complexity index is 1360. The summed E-state index contributed by atoms with van der Waals surface area (Å²) in [7, 11) is -2.97. The molecule has 37 heavy (non-hydrogen) atoms. The van der Waals surface area contributed by atoms with Crippen LogP contribution in [0.5, 0.6) is 0 Å². The predicted molar refractivity (Wildman–Crippen MR) is 169 cm³/mol. The molecule has 1 aromatic heterocycles. The van der Waals surface area contributed by atoms with Gasteiger partial charge < -0.3 is 4.98 Å². The average molecular weight is 525 g/mol. The molecular weight excluding hydrogens is 481 g/mol. The molecule has 0 saturated carbocycles. The first-order valence-corrected chi connectivity index (χ1v) is 20.3. The number of hydrogen-bond donors (Lipinski definition) is 1. The molecule has 4 heteroatoms. The Kier molecular flexibility index (Phi) is 7.90. The lowest BCUT2D eigenvalue weighted by atomic mass is 9.78. The van der Waals surface area contributed by atoms with Crippen molar-refractivity contribution in [2.75, 3.05) is 0 Å². The summed E-state index contributed by atoms with van der Waals surface area (Å²) in [5, 5.41) is 0. The van der Waals surface area contributed by atoms with Gasteiger partial charge in [0.25, 0.3) is 0 Å². The summed E-state index contributed by atoms with van der Waals surface area (Å²) in [6.07, 6.45) is 4.16.